The SMILES string of the molecule is C=C[C@]1(C)C[C@@H](OC(=O)CO)[C@]2(C)[C@H](C)CC[C@]3(CC4OC4[C@H]32)[C@@H](C)[C@@H]1O. The molecule has 0 amide bonds. The molecule has 3 aliphatic carbocycles. The number of aliphatic hydroxyl groups is 2. The highest BCUT2D eigenvalue weighted by Gasteiger charge is 2.74. The van der Waals surface area contributed by atoms with E-state index in [0.717, 1.165) is 19.3 Å². The molecule has 1 saturated heterocycles. The number of epoxide rings is 1. The summed E-state index contributed by atoms with van der Waals surface area (Å²) in [4.78, 5) is 12.1. The van der Waals surface area contributed by atoms with Gasteiger partial charge in [-0.15, -0.1) is 6.58 Å². The fourth-order valence-corrected chi connectivity index (χ4v) is 7.18. The van der Waals surface area contributed by atoms with Crippen molar-refractivity contribution in [1.82, 2.24) is 0 Å². The van der Waals surface area contributed by atoms with E-state index < -0.39 is 24.1 Å². The van der Waals surface area contributed by atoms with Crippen LogP contribution in [0.2, 0.25) is 0 Å². The zero-order chi connectivity index (χ0) is 19.8. The van der Waals surface area contributed by atoms with Gasteiger partial charge in [-0.1, -0.05) is 33.8 Å². The van der Waals surface area contributed by atoms with Crippen molar-refractivity contribution in [3.63, 3.8) is 0 Å². The Bertz CT molecular complexity index is 649. The first-order chi connectivity index (χ1) is 12.6. The summed E-state index contributed by atoms with van der Waals surface area (Å²) in [6.07, 6.45) is 5.01. The lowest BCUT2D eigenvalue weighted by Gasteiger charge is -2.63. The lowest BCUT2D eigenvalue weighted by molar-refractivity contribution is -0.218. The van der Waals surface area contributed by atoms with Crippen LogP contribution in [0.3, 0.4) is 0 Å². The van der Waals surface area contributed by atoms with Crippen LogP contribution in [0.5, 0.6) is 0 Å². The Hall–Kier alpha value is -0.910. The van der Waals surface area contributed by atoms with E-state index in [1.807, 2.05) is 13.0 Å². The molecule has 2 bridgehead atoms. The van der Waals surface area contributed by atoms with Crippen LogP contribution in [0, 0.1) is 34.0 Å². The Morgan fingerprint density at radius 1 is 1.33 bits per heavy atom. The first kappa shape index (κ1) is 19.4. The van der Waals surface area contributed by atoms with Crippen molar-refractivity contribution < 1.29 is 24.5 Å². The van der Waals surface area contributed by atoms with Crippen LogP contribution in [0.15, 0.2) is 12.7 Å². The third kappa shape index (κ3) is 2.44. The highest BCUT2D eigenvalue weighted by molar-refractivity contribution is 5.70. The number of hydrogen-bond acceptors (Lipinski definition) is 5. The van der Waals surface area contributed by atoms with Crippen LogP contribution in [-0.4, -0.2) is 47.2 Å². The molecule has 0 aromatic heterocycles. The lowest BCUT2D eigenvalue weighted by Crippen LogP contribution is -2.63. The third-order valence-corrected chi connectivity index (χ3v) is 9.17. The fraction of sp³-hybridized carbons (Fsp3) is 0.864. The van der Waals surface area contributed by atoms with Crippen molar-refractivity contribution in [3.8, 4) is 0 Å². The van der Waals surface area contributed by atoms with Crippen LogP contribution < -0.4 is 0 Å². The molecule has 4 fully saturated rings. The van der Waals surface area contributed by atoms with Gasteiger partial charge in [0.1, 0.15) is 12.7 Å². The van der Waals surface area contributed by atoms with Crippen LogP contribution in [0.1, 0.15) is 53.4 Å². The second-order valence-electron chi connectivity index (χ2n) is 10.1. The molecule has 10 atom stereocenters. The summed E-state index contributed by atoms with van der Waals surface area (Å²) >= 11 is 0. The second kappa shape index (κ2) is 6.04. The van der Waals surface area contributed by atoms with Crippen molar-refractivity contribution in [3.05, 3.63) is 12.7 Å². The predicted octanol–water partition coefficient (Wildman–Crippen LogP) is 2.69. The van der Waals surface area contributed by atoms with Gasteiger partial charge in [0.05, 0.1) is 18.3 Å². The Morgan fingerprint density at radius 2 is 2.04 bits per heavy atom. The molecule has 27 heavy (non-hydrogen) atoms. The van der Waals surface area contributed by atoms with Gasteiger partial charge in [0.2, 0.25) is 0 Å². The summed E-state index contributed by atoms with van der Waals surface area (Å²) < 4.78 is 11.9. The van der Waals surface area contributed by atoms with Gasteiger partial charge in [0.15, 0.2) is 0 Å². The summed E-state index contributed by atoms with van der Waals surface area (Å²) in [6, 6.07) is 0. The van der Waals surface area contributed by atoms with Crippen LogP contribution in [0.4, 0.5) is 0 Å². The molecule has 2 N–H and O–H groups in total. The quantitative estimate of drug-likeness (QED) is 0.448. The van der Waals surface area contributed by atoms with E-state index in [0.29, 0.717) is 12.3 Å². The molecule has 5 heteroatoms. The number of fused-ring (bicyclic) bond motifs is 1. The largest absolute Gasteiger partial charge is 0.460 e. The topological polar surface area (TPSA) is 79.3 Å². The molecule has 4 aliphatic rings. The average molecular weight is 379 g/mol. The zero-order valence-corrected chi connectivity index (χ0v) is 17.0. The van der Waals surface area contributed by atoms with Crippen molar-refractivity contribution in [2.75, 3.05) is 6.61 Å². The molecule has 152 valence electrons. The molecular weight excluding hydrogens is 344 g/mol. The highest BCUT2D eigenvalue weighted by atomic mass is 16.6. The number of ether oxygens (including phenoxy) is 2. The van der Waals surface area contributed by atoms with Crippen molar-refractivity contribution in [1.29, 1.82) is 0 Å². The number of aliphatic hydroxyl groups excluding tert-OH is 2. The highest BCUT2D eigenvalue weighted by Crippen LogP contribution is 2.72. The van der Waals surface area contributed by atoms with E-state index >= 15 is 0 Å². The first-order valence-corrected chi connectivity index (χ1v) is 10.4. The van der Waals surface area contributed by atoms with Crippen molar-refractivity contribution >= 4 is 5.97 Å². The van der Waals surface area contributed by atoms with Gasteiger partial charge in [0.25, 0.3) is 0 Å². The molecule has 2 unspecified atom stereocenters. The van der Waals surface area contributed by atoms with Gasteiger partial charge in [0, 0.05) is 16.7 Å². The molecule has 0 spiro atoms. The monoisotopic (exact) mass is 378 g/mol. The maximum absolute atomic E-state index is 12.1. The molecule has 4 rings (SSSR count). The molecular formula is C22H34O5. The summed E-state index contributed by atoms with van der Waals surface area (Å²) in [5.41, 5.74) is -0.801. The molecule has 0 aromatic rings. The minimum Gasteiger partial charge on any atom is -0.460 e. The number of esters is 1. The standard InChI is InChI=1S/C22H34O5/c1-6-20(4)10-15(27-16(24)11-23)21(5)12(2)7-8-22(13(3)19(20)25)9-14-17(26-14)18(21)22/h6,12-15,17-19,23,25H,1,7-11H2,2-5H3/t12-,13+,14?,15-,17?,18+,19+,20-,21+,22+/m1/s1. The predicted molar refractivity (Wildman–Crippen MR) is 101 cm³/mol. The van der Waals surface area contributed by atoms with Gasteiger partial charge in [-0.25, -0.2) is 4.79 Å². The van der Waals surface area contributed by atoms with Gasteiger partial charge in [-0.05, 0) is 42.9 Å². The maximum atomic E-state index is 12.1. The van der Waals surface area contributed by atoms with E-state index in [4.69, 9.17) is 9.47 Å². The van der Waals surface area contributed by atoms with Gasteiger partial charge >= 0.3 is 5.97 Å². The van der Waals surface area contributed by atoms with Crippen LogP contribution in [0.25, 0.3) is 0 Å². The number of rotatable bonds is 3. The van der Waals surface area contributed by atoms with E-state index in [2.05, 4.69) is 27.4 Å². The van der Waals surface area contributed by atoms with Crippen LogP contribution in [-0.2, 0) is 14.3 Å². The van der Waals surface area contributed by atoms with Crippen molar-refractivity contribution in [2.24, 2.45) is 34.0 Å². The lowest BCUT2D eigenvalue weighted by atomic mass is 9.43. The number of hydrogen-bond donors (Lipinski definition) is 2. The molecule has 1 aliphatic heterocycles. The minimum atomic E-state index is -0.622. The summed E-state index contributed by atoms with van der Waals surface area (Å²) in [6.45, 7) is 12.1. The minimum absolute atomic E-state index is 0.00280. The van der Waals surface area contributed by atoms with E-state index in [9.17, 15) is 15.0 Å². The van der Waals surface area contributed by atoms with E-state index in [-0.39, 0.29) is 41.0 Å². The molecule has 0 radical (unpaired) electrons. The molecule has 0 aromatic carbocycles. The van der Waals surface area contributed by atoms with E-state index in [1.165, 1.54) is 0 Å². The third-order valence-electron chi connectivity index (χ3n) is 9.17. The molecule has 1 heterocycles. The van der Waals surface area contributed by atoms with E-state index in [1.54, 1.807) is 0 Å². The summed E-state index contributed by atoms with van der Waals surface area (Å²) in [5.74, 6) is 0.162. The Morgan fingerprint density at radius 3 is 2.67 bits per heavy atom. The van der Waals surface area contributed by atoms with Gasteiger partial charge in [-0.3, -0.25) is 0 Å². The fourth-order valence-electron chi connectivity index (χ4n) is 7.18. The first-order valence-electron chi connectivity index (χ1n) is 10.4. The smallest absolute Gasteiger partial charge is 0.332 e. The Labute approximate surface area is 162 Å². The van der Waals surface area contributed by atoms with Gasteiger partial charge in [-0.2, -0.15) is 0 Å². The maximum Gasteiger partial charge on any atom is 0.332 e. The number of carbonyl (C=O) groups excluding carboxylic acids is 1. The zero-order valence-electron chi connectivity index (χ0n) is 17.0. The Kier molecular flexibility index (Phi) is 4.34. The van der Waals surface area contributed by atoms with Crippen LogP contribution >= 0.6 is 0 Å². The summed E-state index contributed by atoms with van der Waals surface area (Å²) in [7, 11) is 0. The van der Waals surface area contributed by atoms with Crippen molar-refractivity contribution in [2.45, 2.75) is 77.8 Å². The average Bonchev–Trinajstić information content (AvgIpc) is 3.32. The molecule has 5 nitrogen and oxygen atoms in total. The van der Waals surface area contributed by atoms with Gasteiger partial charge < -0.3 is 19.7 Å². The number of carbonyl (C=O) groups is 1. The normalized spacial score (nSPS) is 56.3. The molecule has 3 saturated carbocycles. The summed E-state index contributed by atoms with van der Waals surface area (Å²) in [5, 5.41) is 20.7. The second-order valence-corrected chi connectivity index (χ2v) is 10.1. The Balaban J connectivity index is 1.87.